The van der Waals surface area contributed by atoms with Crippen molar-refractivity contribution in [2.45, 2.75) is 13.0 Å². The summed E-state index contributed by atoms with van der Waals surface area (Å²) in [6, 6.07) is 16.0. The van der Waals surface area contributed by atoms with Gasteiger partial charge in [-0.25, -0.2) is 0 Å². The second kappa shape index (κ2) is 6.36. The molecule has 2 N–H and O–H groups in total. The van der Waals surface area contributed by atoms with Gasteiger partial charge in [0.05, 0.1) is 5.69 Å². The lowest BCUT2D eigenvalue weighted by atomic mass is 10.1. The number of hydrogen-bond acceptors (Lipinski definition) is 5. The predicted octanol–water partition coefficient (Wildman–Crippen LogP) is 3.31. The third kappa shape index (κ3) is 3.02. The molecule has 4 rings (SSSR count). The number of nitrogens with zero attached hydrogens (tertiary/aromatic N) is 1. The molecule has 7 heteroatoms. The fourth-order valence-corrected chi connectivity index (χ4v) is 2.60. The highest BCUT2D eigenvalue weighted by Gasteiger charge is 2.24. The first-order valence-corrected chi connectivity index (χ1v) is 8.05. The van der Waals surface area contributed by atoms with E-state index >= 15 is 0 Å². The number of rotatable bonds is 3. The van der Waals surface area contributed by atoms with Crippen LogP contribution in [-0.2, 0) is 4.79 Å². The number of carbonyl (C=O) groups excluding carboxylic acids is 2. The van der Waals surface area contributed by atoms with Gasteiger partial charge in [-0.15, -0.1) is 0 Å². The Morgan fingerprint density at radius 2 is 1.96 bits per heavy atom. The third-order valence-electron chi connectivity index (χ3n) is 3.97. The zero-order valence-corrected chi connectivity index (χ0v) is 13.9. The molecule has 1 aliphatic heterocycles. The third-order valence-corrected chi connectivity index (χ3v) is 3.97. The molecule has 2 aromatic carbocycles. The van der Waals surface area contributed by atoms with Gasteiger partial charge in [0.25, 0.3) is 11.8 Å². The maximum Gasteiger partial charge on any atom is 0.277 e. The Balaban J connectivity index is 1.51. The largest absolute Gasteiger partial charge is 0.479 e. The SMILES string of the molecule is CC1Oc2ccc(NC(=O)c3cc(-c4ccccc4)on3)cc2NC1=O. The molecule has 0 saturated carbocycles. The van der Waals surface area contributed by atoms with Crippen molar-refractivity contribution in [3.63, 3.8) is 0 Å². The van der Waals surface area contributed by atoms with Crippen molar-refractivity contribution < 1.29 is 18.8 Å². The number of amides is 2. The van der Waals surface area contributed by atoms with Crippen LogP contribution < -0.4 is 15.4 Å². The molecule has 0 spiro atoms. The Morgan fingerprint density at radius 1 is 1.15 bits per heavy atom. The van der Waals surface area contributed by atoms with Gasteiger partial charge in [0.15, 0.2) is 17.6 Å². The lowest BCUT2D eigenvalue weighted by Crippen LogP contribution is -2.34. The zero-order chi connectivity index (χ0) is 18.1. The van der Waals surface area contributed by atoms with Gasteiger partial charge in [0.2, 0.25) is 0 Å². The standard InChI is InChI=1S/C19H15N3O4/c1-11-18(23)21-14-9-13(7-8-16(14)25-11)20-19(24)15-10-17(26-22-15)12-5-3-2-4-6-12/h2-11H,1H3,(H,20,24)(H,21,23). The summed E-state index contributed by atoms with van der Waals surface area (Å²) in [6.45, 7) is 1.67. The minimum Gasteiger partial charge on any atom is -0.479 e. The Labute approximate surface area is 149 Å². The summed E-state index contributed by atoms with van der Waals surface area (Å²) >= 11 is 0. The van der Waals surface area contributed by atoms with Crippen molar-refractivity contribution in [3.05, 3.63) is 60.3 Å². The van der Waals surface area contributed by atoms with Gasteiger partial charge in [-0.3, -0.25) is 9.59 Å². The minimum absolute atomic E-state index is 0.162. The molecule has 0 bridgehead atoms. The quantitative estimate of drug-likeness (QED) is 0.757. The summed E-state index contributed by atoms with van der Waals surface area (Å²) in [6.07, 6.45) is -0.547. The number of nitrogens with one attached hydrogen (secondary N) is 2. The van der Waals surface area contributed by atoms with Gasteiger partial charge < -0.3 is 19.9 Å². The summed E-state index contributed by atoms with van der Waals surface area (Å²) in [5.74, 6) is 0.427. The monoisotopic (exact) mass is 349 g/mol. The molecule has 0 radical (unpaired) electrons. The van der Waals surface area contributed by atoms with Gasteiger partial charge in [0, 0.05) is 17.3 Å². The average Bonchev–Trinajstić information content (AvgIpc) is 3.14. The fourth-order valence-electron chi connectivity index (χ4n) is 2.60. The van der Waals surface area contributed by atoms with E-state index in [4.69, 9.17) is 9.26 Å². The normalized spacial score (nSPS) is 15.6. The van der Waals surface area contributed by atoms with Gasteiger partial charge in [-0.2, -0.15) is 0 Å². The van der Waals surface area contributed by atoms with E-state index in [9.17, 15) is 9.59 Å². The molecule has 1 atom stereocenters. The first-order valence-electron chi connectivity index (χ1n) is 8.05. The van der Waals surface area contributed by atoms with E-state index < -0.39 is 12.0 Å². The van der Waals surface area contributed by atoms with Crippen LogP contribution in [0.4, 0.5) is 11.4 Å². The summed E-state index contributed by atoms with van der Waals surface area (Å²) in [5.41, 5.74) is 2.02. The molecule has 2 amide bonds. The highest BCUT2D eigenvalue weighted by Crippen LogP contribution is 2.32. The van der Waals surface area contributed by atoms with E-state index in [0.717, 1.165) is 5.56 Å². The predicted molar refractivity (Wildman–Crippen MR) is 95.1 cm³/mol. The maximum absolute atomic E-state index is 12.4. The molecule has 2 heterocycles. The second-order valence-electron chi connectivity index (χ2n) is 5.86. The minimum atomic E-state index is -0.547. The molecular weight excluding hydrogens is 334 g/mol. The highest BCUT2D eigenvalue weighted by atomic mass is 16.5. The molecule has 1 unspecified atom stereocenters. The van der Waals surface area contributed by atoms with Crippen molar-refractivity contribution >= 4 is 23.2 Å². The summed E-state index contributed by atoms with van der Waals surface area (Å²) in [5, 5.41) is 9.29. The Hall–Kier alpha value is -3.61. The van der Waals surface area contributed by atoms with Crippen LogP contribution in [0.1, 0.15) is 17.4 Å². The van der Waals surface area contributed by atoms with E-state index in [0.29, 0.717) is 22.9 Å². The molecule has 0 saturated heterocycles. The van der Waals surface area contributed by atoms with Crippen molar-refractivity contribution in [2.75, 3.05) is 10.6 Å². The molecule has 7 nitrogen and oxygen atoms in total. The van der Waals surface area contributed by atoms with Crippen LogP contribution in [0.5, 0.6) is 5.75 Å². The molecule has 0 aliphatic carbocycles. The van der Waals surface area contributed by atoms with Crippen LogP contribution in [0.15, 0.2) is 59.1 Å². The zero-order valence-electron chi connectivity index (χ0n) is 13.9. The van der Waals surface area contributed by atoms with E-state index in [1.54, 1.807) is 31.2 Å². The summed E-state index contributed by atoms with van der Waals surface area (Å²) in [7, 11) is 0. The van der Waals surface area contributed by atoms with E-state index in [-0.39, 0.29) is 11.6 Å². The van der Waals surface area contributed by atoms with E-state index in [2.05, 4.69) is 15.8 Å². The van der Waals surface area contributed by atoms with Gasteiger partial charge >= 0.3 is 0 Å². The van der Waals surface area contributed by atoms with Crippen molar-refractivity contribution in [2.24, 2.45) is 0 Å². The molecule has 26 heavy (non-hydrogen) atoms. The number of ether oxygens (including phenoxy) is 1. The van der Waals surface area contributed by atoms with Crippen molar-refractivity contribution in [3.8, 4) is 17.1 Å². The summed E-state index contributed by atoms with van der Waals surface area (Å²) in [4.78, 5) is 24.1. The maximum atomic E-state index is 12.4. The number of anilines is 2. The highest BCUT2D eigenvalue weighted by molar-refractivity contribution is 6.04. The van der Waals surface area contributed by atoms with Crippen LogP contribution in [0.3, 0.4) is 0 Å². The molecule has 130 valence electrons. The number of fused-ring (bicyclic) bond motifs is 1. The molecule has 1 aliphatic rings. The lowest BCUT2D eigenvalue weighted by molar-refractivity contribution is -0.122. The van der Waals surface area contributed by atoms with E-state index in [1.807, 2.05) is 30.3 Å². The van der Waals surface area contributed by atoms with Crippen LogP contribution >= 0.6 is 0 Å². The molecular formula is C19H15N3O4. The number of hydrogen-bond donors (Lipinski definition) is 2. The average molecular weight is 349 g/mol. The Kier molecular flexibility index (Phi) is 3.89. The van der Waals surface area contributed by atoms with Crippen molar-refractivity contribution in [1.29, 1.82) is 0 Å². The smallest absolute Gasteiger partial charge is 0.277 e. The number of benzene rings is 2. The lowest BCUT2D eigenvalue weighted by Gasteiger charge is -2.23. The molecule has 0 fully saturated rings. The Morgan fingerprint density at radius 3 is 2.77 bits per heavy atom. The van der Waals surface area contributed by atoms with Crippen LogP contribution in [0.25, 0.3) is 11.3 Å². The molecule has 1 aromatic heterocycles. The van der Waals surface area contributed by atoms with Crippen LogP contribution in [0, 0.1) is 0 Å². The summed E-state index contributed by atoms with van der Waals surface area (Å²) < 4.78 is 10.7. The van der Waals surface area contributed by atoms with E-state index in [1.165, 1.54) is 0 Å². The van der Waals surface area contributed by atoms with Gasteiger partial charge in [0.1, 0.15) is 5.75 Å². The first-order chi connectivity index (χ1) is 12.6. The fraction of sp³-hybridized carbons (Fsp3) is 0.105. The first kappa shape index (κ1) is 15.9. The topological polar surface area (TPSA) is 93.5 Å². The van der Waals surface area contributed by atoms with Crippen LogP contribution in [-0.4, -0.2) is 23.1 Å². The number of aromatic nitrogens is 1. The Bertz CT molecular complexity index is 981. The van der Waals surface area contributed by atoms with Crippen LogP contribution in [0.2, 0.25) is 0 Å². The second-order valence-corrected chi connectivity index (χ2v) is 5.86. The van der Waals surface area contributed by atoms with Crippen molar-refractivity contribution in [1.82, 2.24) is 5.16 Å². The van der Waals surface area contributed by atoms with Gasteiger partial charge in [-0.1, -0.05) is 35.5 Å². The number of carbonyl (C=O) groups is 2. The van der Waals surface area contributed by atoms with Gasteiger partial charge in [-0.05, 0) is 25.1 Å². The molecule has 3 aromatic rings.